The van der Waals surface area contributed by atoms with Crippen molar-refractivity contribution in [3.05, 3.63) is 35.1 Å². The van der Waals surface area contributed by atoms with Gasteiger partial charge in [-0.1, -0.05) is 33.6 Å². The lowest BCUT2D eigenvalue weighted by molar-refractivity contribution is 0.424. The fourth-order valence-corrected chi connectivity index (χ4v) is 2.21. The van der Waals surface area contributed by atoms with Crippen LogP contribution in [0.2, 0.25) is 0 Å². The molecule has 114 valence electrons. The van der Waals surface area contributed by atoms with Crippen LogP contribution in [0.1, 0.15) is 58.1 Å². The molecule has 0 fully saturated rings. The van der Waals surface area contributed by atoms with Crippen LogP contribution in [0, 0.1) is 23.4 Å². The van der Waals surface area contributed by atoms with E-state index in [1.54, 1.807) is 0 Å². The number of benzene rings is 1. The van der Waals surface area contributed by atoms with Gasteiger partial charge in [0.2, 0.25) is 0 Å². The molecular weight excluding hydrogens is 263 g/mol. The number of halogens is 3. The van der Waals surface area contributed by atoms with Crippen molar-refractivity contribution in [1.29, 1.82) is 0 Å². The highest BCUT2D eigenvalue weighted by Gasteiger charge is 2.17. The first kappa shape index (κ1) is 17.0. The van der Waals surface area contributed by atoms with Gasteiger partial charge in [-0.05, 0) is 43.0 Å². The van der Waals surface area contributed by atoms with Gasteiger partial charge in [-0.3, -0.25) is 0 Å². The zero-order chi connectivity index (χ0) is 15.1. The summed E-state index contributed by atoms with van der Waals surface area (Å²) >= 11 is 0. The molecule has 0 bridgehead atoms. The Morgan fingerprint density at radius 3 is 2.15 bits per heavy atom. The topological polar surface area (TPSA) is 12.0 Å². The fraction of sp³-hybridized carbons (Fsp3) is 0.625. The van der Waals surface area contributed by atoms with Crippen LogP contribution in [0.15, 0.2) is 12.1 Å². The summed E-state index contributed by atoms with van der Waals surface area (Å²) < 4.78 is 39.7. The van der Waals surface area contributed by atoms with Crippen molar-refractivity contribution in [2.24, 2.45) is 5.92 Å². The summed E-state index contributed by atoms with van der Waals surface area (Å²) in [4.78, 5) is 0. The predicted molar refractivity (Wildman–Crippen MR) is 76.0 cm³/mol. The molecule has 0 aliphatic rings. The van der Waals surface area contributed by atoms with E-state index in [2.05, 4.69) is 19.2 Å². The lowest BCUT2D eigenvalue weighted by Gasteiger charge is -2.20. The molecule has 20 heavy (non-hydrogen) atoms. The Morgan fingerprint density at radius 1 is 1.05 bits per heavy atom. The van der Waals surface area contributed by atoms with Gasteiger partial charge in [-0.25, -0.2) is 13.2 Å². The van der Waals surface area contributed by atoms with Crippen LogP contribution < -0.4 is 5.32 Å². The molecule has 1 unspecified atom stereocenters. The Bertz CT molecular complexity index is 395. The molecule has 0 heterocycles. The van der Waals surface area contributed by atoms with Crippen molar-refractivity contribution >= 4 is 0 Å². The summed E-state index contributed by atoms with van der Waals surface area (Å²) in [6.45, 7) is 7.09. The van der Waals surface area contributed by atoms with Crippen LogP contribution in [0.3, 0.4) is 0 Å². The summed E-state index contributed by atoms with van der Waals surface area (Å²) in [6, 6.07) is 2.07. The Balaban J connectivity index is 2.81. The minimum atomic E-state index is -1.40. The largest absolute Gasteiger partial charge is 0.310 e. The van der Waals surface area contributed by atoms with E-state index in [0.717, 1.165) is 44.4 Å². The second-order valence-electron chi connectivity index (χ2n) is 5.63. The van der Waals surface area contributed by atoms with Gasteiger partial charge in [-0.2, -0.15) is 0 Å². The maximum Gasteiger partial charge on any atom is 0.194 e. The van der Waals surface area contributed by atoms with Gasteiger partial charge in [0.05, 0.1) is 0 Å². The van der Waals surface area contributed by atoms with Crippen molar-refractivity contribution in [2.45, 2.75) is 52.5 Å². The van der Waals surface area contributed by atoms with E-state index >= 15 is 0 Å². The molecule has 1 nitrogen and oxygen atoms in total. The molecule has 1 aromatic carbocycles. The van der Waals surface area contributed by atoms with Crippen molar-refractivity contribution in [1.82, 2.24) is 5.32 Å². The van der Waals surface area contributed by atoms with E-state index in [1.165, 1.54) is 0 Å². The molecule has 4 heteroatoms. The summed E-state index contributed by atoms with van der Waals surface area (Å²) in [5.41, 5.74) is 0.485. The van der Waals surface area contributed by atoms with E-state index in [0.29, 0.717) is 11.5 Å². The van der Waals surface area contributed by atoms with E-state index in [4.69, 9.17) is 0 Å². The Morgan fingerprint density at radius 2 is 1.65 bits per heavy atom. The monoisotopic (exact) mass is 287 g/mol. The third kappa shape index (κ3) is 5.16. The standard InChI is InChI=1S/C16H24F3N/c1-4-8-20-15(7-5-6-11(2)3)12-9-13(17)16(19)14(18)10-12/h9-11,15,20H,4-8H2,1-3H3. The van der Waals surface area contributed by atoms with Crippen LogP contribution in [0.5, 0.6) is 0 Å². The molecule has 0 saturated heterocycles. The summed E-state index contributed by atoms with van der Waals surface area (Å²) in [7, 11) is 0. The molecule has 0 amide bonds. The zero-order valence-corrected chi connectivity index (χ0v) is 12.5. The summed E-state index contributed by atoms with van der Waals surface area (Å²) in [5.74, 6) is -3.03. The van der Waals surface area contributed by atoms with E-state index in [-0.39, 0.29) is 6.04 Å². The van der Waals surface area contributed by atoms with Crippen molar-refractivity contribution in [2.75, 3.05) is 6.54 Å². The molecule has 1 rings (SSSR count). The number of hydrogen-bond donors (Lipinski definition) is 1. The maximum atomic E-state index is 13.3. The first-order valence-corrected chi connectivity index (χ1v) is 7.33. The minimum Gasteiger partial charge on any atom is -0.310 e. The number of hydrogen-bond acceptors (Lipinski definition) is 1. The average molecular weight is 287 g/mol. The Kier molecular flexibility index (Phi) is 7.06. The third-order valence-corrected chi connectivity index (χ3v) is 3.32. The van der Waals surface area contributed by atoms with Crippen molar-refractivity contribution in [3.8, 4) is 0 Å². The SMILES string of the molecule is CCCNC(CCCC(C)C)c1cc(F)c(F)c(F)c1. The van der Waals surface area contributed by atoms with Gasteiger partial charge in [0, 0.05) is 6.04 Å². The summed E-state index contributed by atoms with van der Waals surface area (Å²) in [6.07, 6.45) is 3.77. The molecular formula is C16H24F3N. The van der Waals surface area contributed by atoms with Crippen LogP contribution in [-0.4, -0.2) is 6.54 Å². The van der Waals surface area contributed by atoms with Crippen molar-refractivity contribution < 1.29 is 13.2 Å². The molecule has 0 radical (unpaired) electrons. The Hall–Kier alpha value is -1.03. The van der Waals surface area contributed by atoms with Gasteiger partial charge in [0.1, 0.15) is 0 Å². The quantitative estimate of drug-likeness (QED) is 0.666. The number of nitrogens with one attached hydrogen (secondary N) is 1. The van der Waals surface area contributed by atoms with Crippen LogP contribution >= 0.6 is 0 Å². The van der Waals surface area contributed by atoms with Crippen LogP contribution in [0.4, 0.5) is 13.2 Å². The highest BCUT2D eigenvalue weighted by atomic mass is 19.2. The van der Waals surface area contributed by atoms with Gasteiger partial charge >= 0.3 is 0 Å². The lowest BCUT2D eigenvalue weighted by Crippen LogP contribution is -2.22. The van der Waals surface area contributed by atoms with Gasteiger partial charge < -0.3 is 5.32 Å². The minimum absolute atomic E-state index is 0.127. The molecule has 0 aliphatic heterocycles. The number of rotatable bonds is 8. The van der Waals surface area contributed by atoms with E-state index in [9.17, 15) is 13.2 Å². The second-order valence-corrected chi connectivity index (χ2v) is 5.63. The van der Waals surface area contributed by atoms with Gasteiger partial charge in [0.15, 0.2) is 17.5 Å². The maximum absolute atomic E-state index is 13.3. The van der Waals surface area contributed by atoms with Crippen LogP contribution in [-0.2, 0) is 0 Å². The molecule has 1 aromatic rings. The van der Waals surface area contributed by atoms with Gasteiger partial charge in [-0.15, -0.1) is 0 Å². The average Bonchev–Trinajstić information content (AvgIpc) is 2.39. The first-order chi connectivity index (χ1) is 9.45. The first-order valence-electron chi connectivity index (χ1n) is 7.33. The molecule has 0 spiro atoms. The lowest BCUT2D eigenvalue weighted by atomic mass is 9.97. The Labute approximate surface area is 119 Å². The molecule has 0 aromatic heterocycles. The van der Waals surface area contributed by atoms with Gasteiger partial charge in [0.25, 0.3) is 0 Å². The van der Waals surface area contributed by atoms with E-state index in [1.807, 2.05) is 6.92 Å². The second kappa shape index (κ2) is 8.30. The predicted octanol–water partition coefficient (Wildman–Crippen LogP) is 4.97. The molecule has 1 atom stereocenters. The van der Waals surface area contributed by atoms with Crippen molar-refractivity contribution in [3.63, 3.8) is 0 Å². The van der Waals surface area contributed by atoms with E-state index < -0.39 is 17.5 Å². The zero-order valence-electron chi connectivity index (χ0n) is 12.5. The molecule has 1 N–H and O–H groups in total. The smallest absolute Gasteiger partial charge is 0.194 e. The van der Waals surface area contributed by atoms with Crippen LogP contribution in [0.25, 0.3) is 0 Å². The highest BCUT2D eigenvalue weighted by molar-refractivity contribution is 5.22. The highest BCUT2D eigenvalue weighted by Crippen LogP contribution is 2.24. The fourth-order valence-electron chi connectivity index (χ4n) is 2.21. The summed E-state index contributed by atoms with van der Waals surface area (Å²) in [5, 5.41) is 3.28. The molecule has 0 saturated carbocycles. The molecule has 0 aliphatic carbocycles. The third-order valence-electron chi connectivity index (χ3n) is 3.32. The normalized spacial score (nSPS) is 12.9.